The Hall–Kier alpha value is -2.60. The van der Waals surface area contributed by atoms with Gasteiger partial charge >= 0.3 is 5.69 Å². The van der Waals surface area contributed by atoms with Crippen LogP contribution in [0.1, 0.15) is 5.56 Å². The second kappa shape index (κ2) is 6.03. The molecule has 0 unspecified atom stereocenters. The van der Waals surface area contributed by atoms with Crippen LogP contribution in [0.5, 0.6) is 0 Å². The van der Waals surface area contributed by atoms with Gasteiger partial charge < -0.3 is 14.9 Å². The van der Waals surface area contributed by atoms with E-state index in [0.717, 1.165) is 4.57 Å². The van der Waals surface area contributed by atoms with E-state index in [0.29, 0.717) is 26.2 Å². The minimum Gasteiger partial charge on any atom is -0.387 e. The highest BCUT2D eigenvalue weighted by Gasteiger charge is 2.26. The molecule has 2 heterocycles. The zero-order valence-electron chi connectivity index (χ0n) is 12.4. The van der Waals surface area contributed by atoms with Gasteiger partial charge in [0.15, 0.2) is 5.56 Å². The molecule has 1 aromatic rings. The first-order valence-electron chi connectivity index (χ1n) is 6.76. The van der Waals surface area contributed by atoms with Gasteiger partial charge in [-0.1, -0.05) is 0 Å². The van der Waals surface area contributed by atoms with Crippen LogP contribution in [0.15, 0.2) is 9.59 Å². The molecule has 0 aromatic carbocycles. The van der Waals surface area contributed by atoms with Gasteiger partial charge in [0.2, 0.25) is 5.91 Å². The summed E-state index contributed by atoms with van der Waals surface area (Å²) in [5.74, 6) is -0.0929. The van der Waals surface area contributed by atoms with E-state index in [1.807, 2.05) is 6.07 Å². The molecule has 1 amide bonds. The molecular formula is C13H17N5O4. The van der Waals surface area contributed by atoms with Crippen LogP contribution in [0.25, 0.3) is 0 Å². The largest absolute Gasteiger partial charge is 0.387 e. The number of hydrogen-bond donors (Lipinski definition) is 1. The predicted octanol–water partition coefficient (Wildman–Crippen LogP) is -2.40. The first kappa shape index (κ1) is 15.8. The Bertz CT molecular complexity index is 749. The predicted molar refractivity (Wildman–Crippen MR) is 77.5 cm³/mol. The highest BCUT2D eigenvalue weighted by Crippen LogP contribution is 2.16. The number of aliphatic hydroxyl groups is 1. The van der Waals surface area contributed by atoms with Crippen LogP contribution in [-0.4, -0.2) is 57.8 Å². The Morgan fingerprint density at radius 3 is 2.27 bits per heavy atom. The molecule has 9 nitrogen and oxygen atoms in total. The third-order valence-corrected chi connectivity index (χ3v) is 3.81. The summed E-state index contributed by atoms with van der Waals surface area (Å²) in [4.78, 5) is 38.8. The van der Waals surface area contributed by atoms with Crippen molar-refractivity contribution in [3.05, 3.63) is 26.4 Å². The van der Waals surface area contributed by atoms with E-state index in [-0.39, 0.29) is 17.3 Å². The van der Waals surface area contributed by atoms with Gasteiger partial charge in [-0.3, -0.25) is 18.7 Å². The number of aliphatic hydroxyl groups excluding tert-OH is 1. The third kappa shape index (κ3) is 2.48. The van der Waals surface area contributed by atoms with Crippen molar-refractivity contribution in [2.75, 3.05) is 37.7 Å². The van der Waals surface area contributed by atoms with E-state index >= 15 is 0 Å². The van der Waals surface area contributed by atoms with Crippen molar-refractivity contribution in [1.82, 2.24) is 14.0 Å². The van der Waals surface area contributed by atoms with Crippen molar-refractivity contribution in [3.63, 3.8) is 0 Å². The fraction of sp³-hybridized carbons (Fsp3) is 0.538. The number of carbonyl (C=O) groups excluding carboxylic acids is 1. The Morgan fingerprint density at radius 2 is 1.77 bits per heavy atom. The zero-order chi connectivity index (χ0) is 16.4. The summed E-state index contributed by atoms with van der Waals surface area (Å²) in [7, 11) is 2.83. The van der Waals surface area contributed by atoms with Crippen molar-refractivity contribution in [1.29, 1.82) is 5.26 Å². The van der Waals surface area contributed by atoms with Crippen molar-refractivity contribution in [3.8, 4) is 6.07 Å². The van der Waals surface area contributed by atoms with Crippen LogP contribution in [-0.2, 0) is 18.9 Å². The third-order valence-electron chi connectivity index (χ3n) is 3.81. The SMILES string of the molecule is Cn1c(N2CCN(C(=O)CO)CC2)c(C#N)c(=O)n(C)c1=O. The molecule has 0 spiro atoms. The van der Waals surface area contributed by atoms with Crippen molar-refractivity contribution in [2.45, 2.75) is 0 Å². The Labute approximate surface area is 126 Å². The molecule has 118 valence electrons. The molecule has 22 heavy (non-hydrogen) atoms. The van der Waals surface area contributed by atoms with Gasteiger partial charge in [0.1, 0.15) is 18.5 Å². The minimum absolute atomic E-state index is 0.0912. The number of aromatic nitrogens is 2. The standard InChI is InChI=1S/C13H17N5O4/c1-15-11(9(7-14)12(21)16(2)13(15)22)18-5-3-17(4-6-18)10(20)8-19/h19H,3-6,8H2,1-2H3. The van der Waals surface area contributed by atoms with Gasteiger partial charge in [0, 0.05) is 40.3 Å². The number of carbonyl (C=O) groups is 1. The number of hydrogen-bond acceptors (Lipinski definition) is 6. The topological polar surface area (TPSA) is 112 Å². The maximum absolute atomic E-state index is 12.1. The van der Waals surface area contributed by atoms with Gasteiger partial charge in [-0.2, -0.15) is 5.26 Å². The first-order valence-corrected chi connectivity index (χ1v) is 6.76. The second-order valence-electron chi connectivity index (χ2n) is 5.04. The molecular weight excluding hydrogens is 290 g/mol. The number of nitrogens with zero attached hydrogens (tertiary/aromatic N) is 5. The van der Waals surface area contributed by atoms with Crippen LogP contribution in [0.4, 0.5) is 5.82 Å². The Morgan fingerprint density at radius 1 is 1.18 bits per heavy atom. The number of nitriles is 1. The highest BCUT2D eigenvalue weighted by atomic mass is 16.3. The maximum Gasteiger partial charge on any atom is 0.332 e. The van der Waals surface area contributed by atoms with Crippen molar-refractivity contribution < 1.29 is 9.90 Å². The summed E-state index contributed by atoms with van der Waals surface area (Å²) in [6.45, 7) is 0.914. The quantitative estimate of drug-likeness (QED) is 0.652. The van der Waals surface area contributed by atoms with Crippen LogP contribution in [0.3, 0.4) is 0 Å². The number of rotatable bonds is 2. The maximum atomic E-state index is 12.1. The Kier molecular flexibility index (Phi) is 4.32. The molecule has 1 aliphatic rings. The van der Waals surface area contributed by atoms with E-state index in [9.17, 15) is 19.6 Å². The van der Waals surface area contributed by atoms with E-state index in [1.165, 1.54) is 23.6 Å². The molecule has 0 atom stereocenters. The molecule has 1 saturated heterocycles. The molecule has 0 saturated carbocycles. The molecule has 0 radical (unpaired) electrons. The summed E-state index contributed by atoms with van der Waals surface area (Å²) in [6.07, 6.45) is 0. The zero-order valence-corrected chi connectivity index (χ0v) is 12.4. The number of amides is 1. The smallest absolute Gasteiger partial charge is 0.332 e. The second-order valence-corrected chi connectivity index (χ2v) is 5.04. The van der Waals surface area contributed by atoms with Crippen LogP contribution >= 0.6 is 0 Å². The molecule has 0 bridgehead atoms. The molecule has 1 aromatic heterocycles. The van der Waals surface area contributed by atoms with Crippen molar-refractivity contribution in [2.24, 2.45) is 14.1 Å². The first-order chi connectivity index (χ1) is 10.4. The highest BCUT2D eigenvalue weighted by molar-refractivity contribution is 5.77. The van der Waals surface area contributed by atoms with E-state index in [1.54, 1.807) is 4.90 Å². The number of anilines is 1. The fourth-order valence-corrected chi connectivity index (χ4v) is 2.57. The van der Waals surface area contributed by atoms with Crippen LogP contribution in [0, 0.1) is 11.3 Å². The lowest BCUT2D eigenvalue weighted by Gasteiger charge is -2.36. The van der Waals surface area contributed by atoms with E-state index in [4.69, 9.17) is 5.11 Å². The van der Waals surface area contributed by atoms with E-state index in [2.05, 4.69) is 0 Å². The van der Waals surface area contributed by atoms with Gasteiger partial charge in [0.05, 0.1) is 0 Å². The van der Waals surface area contributed by atoms with Crippen LogP contribution in [0.2, 0.25) is 0 Å². The lowest BCUT2D eigenvalue weighted by Crippen LogP contribution is -2.52. The lowest BCUT2D eigenvalue weighted by atomic mass is 10.2. The number of piperazine rings is 1. The normalized spacial score (nSPS) is 14.8. The Balaban J connectivity index is 2.40. The fourth-order valence-electron chi connectivity index (χ4n) is 2.57. The molecule has 1 fully saturated rings. The lowest BCUT2D eigenvalue weighted by molar-refractivity contribution is -0.134. The average Bonchev–Trinajstić information content (AvgIpc) is 2.55. The van der Waals surface area contributed by atoms with Gasteiger partial charge in [-0.05, 0) is 0 Å². The summed E-state index contributed by atoms with van der Waals surface area (Å²) in [5, 5.41) is 18.1. The van der Waals surface area contributed by atoms with Gasteiger partial charge in [-0.25, -0.2) is 4.79 Å². The molecule has 0 aliphatic carbocycles. The van der Waals surface area contributed by atoms with Gasteiger partial charge in [-0.15, -0.1) is 0 Å². The molecule has 9 heteroatoms. The summed E-state index contributed by atoms with van der Waals surface area (Å²) in [6, 6.07) is 1.86. The van der Waals surface area contributed by atoms with Crippen LogP contribution < -0.4 is 16.1 Å². The van der Waals surface area contributed by atoms with Crippen molar-refractivity contribution >= 4 is 11.7 Å². The van der Waals surface area contributed by atoms with E-state index < -0.39 is 17.9 Å². The summed E-state index contributed by atoms with van der Waals surface area (Å²) < 4.78 is 2.16. The van der Waals surface area contributed by atoms with Gasteiger partial charge in [0.25, 0.3) is 5.56 Å². The molecule has 2 rings (SSSR count). The minimum atomic E-state index is -0.630. The monoisotopic (exact) mass is 307 g/mol. The average molecular weight is 307 g/mol. The summed E-state index contributed by atoms with van der Waals surface area (Å²) >= 11 is 0. The molecule has 1 aliphatic heterocycles. The molecule has 1 N–H and O–H groups in total. The summed E-state index contributed by atoms with van der Waals surface area (Å²) in [5.41, 5.74) is -1.23.